The summed E-state index contributed by atoms with van der Waals surface area (Å²) in [6.07, 6.45) is 0. The van der Waals surface area contributed by atoms with Gasteiger partial charge in [0.05, 0.1) is 6.61 Å². The van der Waals surface area contributed by atoms with Crippen LogP contribution in [-0.4, -0.2) is 20.7 Å². The van der Waals surface area contributed by atoms with Gasteiger partial charge < -0.3 is 14.7 Å². The van der Waals surface area contributed by atoms with Crippen molar-refractivity contribution in [3.63, 3.8) is 0 Å². The second-order valence-corrected chi connectivity index (χ2v) is 10.5. The fourth-order valence-electron chi connectivity index (χ4n) is 3.21. The van der Waals surface area contributed by atoms with E-state index < -0.39 is 13.2 Å². The number of nitrogens with one attached hydrogen (secondary N) is 1. The topological polar surface area (TPSA) is 41.6 Å². The van der Waals surface area contributed by atoms with Crippen molar-refractivity contribution in [2.45, 2.75) is 19.6 Å². The number of hydrogen-bond donors (Lipinski definition) is 1. The first-order valence-corrected chi connectivity index (χ1v) is 12.0. The fraction of sp³-hybridized carbons (Fsp3) is 0.280. The summed E-state index contributed by atoms with van der Waals surface area (Å²) in [5.41, 5.74) is 2.90. The molecule has 3 aromatic rings. The van der Waals surface area contributed by atoms with Crippen molar-refractivity contribution in [3.05, 3.63) is 90.5 Å². The van der Waals surface area contributed by atoms with E-state index in [-0.39, 0.29) is 5.92 Å². The quantitative estimate of drug-likeness (QED) is 0.421. The van der Waals surface area contributed by atoms with Crippen LogP contribution in [0.5, 0.6) is 0 Å². The predicted octanol–water partition coefficient (Wildman–Crippen LogP) is 6.14. The van der Waals surface area contributed by atoms with Gasteiger partial charge in [0.2, 0.25) is 0 Å². The molecule has 0 unspecified atom stereocenters. The van der Waals surface area contributed by atoms with Gasteiger partial charge in [-0.15, -0.1) is 0 Å². The van der Waals surface area contributed by atoms with E-state index in [4.69, 9.17) is 4.52 Å². The van der Waals surface area contributed by atoms with Gasteiger partial charge in [0, 0.05) is 30.8 Å². The molecule has 0 bridgehead atoms. The first-order chi connectivity index (χ1) is 14.4. The lowest BCUT2D eigenvalue weighted by Gasteiger charge is -2.30. The Morgan fingerprint density at radius 2 is 1.43 bits per heavy atom. The molecule has 0 saturated carbocycles. The molecule has 2 atom stereocenters. The van der Waals surface area contributed by atoms with Crippen LogP contribution < -0.4 is 15.5 Å². The minimum atomic E-state index is -3.30. The molecule has 3 rings (SSSR count). The van der Waals surface area contributed by atoms with E-state index in [2.05, 4.69) is 19.2 Å². The lowest BCUT2D eigenvalue weighted by Crippen LogP contribution is -2.22. The van der Waals surface area contributed by atoms with E-state index in [1.54, 1.807) is 0 Å². The van der Waals surface area contributed by atoms with Crippen molar-refractivity contribution < 1.29 is 9.09 Å². The molecule has 3 aromatic carbocycles. The average molecular weight is 423 g/mol. The molecule has 0 radical (unpaired) electrons. The summed E-state index contributed by atoms with van der Waals surface area (Å²) < 4.78 is 20.9. The third-order valence-electron chi connectivity index (χ3n) is 4.86. The normalized spacial score (nSPS) is 14.2. The SMILES string of the molecule is CC(C)CO[P@@](=O)(c1ccc(N(C)C)cc1)[C@@H](Nc1ccccc1)c1ccccc1. The smallest absolute Gasteiger partial charge is 0.258 e. The molecule has 0 fully saturated rings. The Balaban J connectivity index is 2.09. The number of rotatable bonds is 9. The van der Waals surface area contributed by atoms with Gasteiger partial charge in [-0.1, -0.05) is 62.4 Å². The van der Waals surface area contributed by atoms with Gasteiger partial charge in [-0.25, -0.2) is 0 Å². The van der Waals surface area contributed by atoms with Crippen molar-refractivity contribution >= 4 is 24.0 Å². The van der Waals surface area contributed by atoms with Crippen LogP contribution in [-0.2, 0) is 9.09 Å². The molecule has 0 aliphatic rings. The summed E-state index contributed by atoms with van der Waals surface area (Å²) in [7, 11) is 0.684. The Labute approximate surface area is 180 Å². The third kappa shape index (κ3) is 5.33. The monoisotopic (exact) mass is 422 g/mol. The summed E-state index contributed by atoms with van der Waals surface area (Å²) in [5, 5.41) is 4.21. The molecule has 158 valence electrons. The Morgan fingerprint density at radius 1 is 0.867 bits per heavy atom. The largest absolute Gasteiger partial charge is 0.378 e. The minimum absolute atomic E-state index is 0.271. The minimum Gasteiger partial charge on any atom is -0.378 e. The maximum atomic E-state index is 14.6. The molecule has 0 amide bonds. The molecule has 5 heteroatoms. The Morgan fingerprint density at radius 3 is 1.97 bits per heavy atom. The standard InChI is InChI=1S/C25H31N2O2P/c1-20(2)19-29-30(28,24-17-15-23(16-18-24)27(3)4)25(21-11-7-5-8-12-21)26-22-13-9-6-10-14-22/h5-18,20,25-26H,19H2,1-4H3/t25-,30+/m1/s1. The van der Waals surface area contributed by atoms with Crippen LogP contribution in [0.2, 0.25) is 0 Å². The summed E-state index contributed by atoms with van der Waals surface area (Å²) >= 11 is 0. The van der Waals surface area contributed by atoms with Crippen LogP contribution in [0.3, 0.4) is 0 Å². The maximum absolute atomic E-state index is 14.6. The van der Waals surface area contributed by atoms with Gasteiger partial charge in [0.15, 0.2) is 0 Å². The highest BCUT2D eigenvalue weighted by atomic mass is 31.2. The summed E-state index contributed by atoms with van der Waals surface area (Å²) in [6.45, 7) is 4.57. The average Bonchev–Trinajstić information content (AvgIpc) is 2.77. The number of anilines is 2. The number of benzene rings is 3. The Bertz CT molecular complexity index is 957. The summed E-state index contributed by atoms with van der Waals surface area (Å²) in [6, 6.07) is 27.6. The summed E-state index contributed by atoms with van der Waals surface area (Å²) in [4.78, 5) is 2.03. The molecule has 0 spiro atoms. The van der Waals surface area contributed by atoms with Crippen molar-refractivity contribution in [1.82, 2.24) is 0 Å². The van der Waals surface area contributed by atoms with Crippen LogP contribution in [0.15, 0.2) is 84.9 Å². The van der Waals surface area contributed by atoms with E-state index >= 15 is 0 Å². The Kier molecular flexibility index (Phi) is 7.36. The molecule has 1 N–H and O–H groups in total. The molecule has 30 heavy (non-hydrogen) atoms. The number of para-hydroxylation sites is 1. The highest BCUT2D eigenvalue weighted by molar-refractivity contribution is 7.67. The molecule has 0 heterocycles. The number of nitrogens with zero attached hydrogens (tertiary/aromatic N) is 1. The highest BCUT2D eigenvalue weighted by Crippen LogP contribution is 2.59. The van der Waals surface area contributed by atoms with Crippen molar-refractivity contribution in [2.75, 3.05) is 30.9 Å². The third-order valence-corrected chi connectivity index (χ3v) is 7.52. The van der Waals surface area contributed by atoms with Gasteiger partial charge in [0.25, 0.3) is 7.37 Å². The summed E-state index contributed by atoms with van der Waals surface area (Å²) in [5.74, 6) is -0.224. The molecule has 0 aliphatic carbocycles. The van der Waals surface area contributed by atoms with E-state index in [1.165, 1.54) is 0 Å². The predicted molar refractivity (Wildman–Crippen MR) is 128 cm³/mol. The van der Waals surface area contributed by atoms with Crippen LogP contribution in [0, 0.1) is 5.92 Å². The van der Waals surface area contributed by atoms with Crippen LogP contribution in [0.25, 0.3) is 0 Å². The lowest BCUT2D eigenvalue weighted by atomic mass is 10.2. The van der Waals surface area contributed by atoms with Gasteiger partial charge in [-0.3, -0.25) is 4.57 Å². The van der Waals surface area contributed by atoms with Gasteiger partial charge in [0.1, 0.15) is 5.78 Å². The van der Waals surface area contributed by atoms with Crippen molar-refractivity contribution in [2.24, 2.45) is 5.92 Å². The molecule has 0 aromatic heterocycles. The Hall–Kier alpha value is -2.55. The van der Waals surface area contributed by atoms with Crippen LogP contribution in [0.1, 0.15) is 25.2 Å². The lowest BCUT2D eigenvalue weighted by molar-refractivity contribution is 0.272. The van der Waals surface area contributed by atoms with Crippen LogP contribution in [0.4, 0.5) is 11.4 Å². The van der Waals surface area contributed by atoms with E-state index in [9.17, 15) is 4.57 Å². The van der Waals surface area contributed by atoms with E-state index in [1.807, 2.05) is 104 Å². The number of hydrogen-bond acceptors (Lipinski definition) is 4. The van der Waals surface area contributed by atoms with Crippen molar-refractivity contribution in [3.8, 4) is 0 Å². The first-order valence-electron chi connectivity index (χ1n) is 10.3. The second kappa shape index (κ2) is 9.97. The molecular formula is C25H31N2O2P. The van der Waals surface area contributed by atoms with E-state index in [0.29, 0.717) is 11.9 Å². The fourth-order valence-corrected chi connectivity index (χ4v) is 5.77. The molecular weight excluding hydrogens is 391 g/mol. The van der Waals surface area contributed by atoms with Crippen molar-refractivity contribution in [1.29, 1.82) is 0 Å². The maximum Gasteiger partial charge on any atom is 0.258 e. The zero-order chi connectivity index (χ0) is 21.6. The molecule has 0 saturated heterocycles. The molecule has 4 nitrogen and oxygen atoms in total. The van der Waals surface area contributed by atoms with Crippen LogP contribution >= 0.6 is 7.37 Å². The van der Waals surface area contributed by atoms with Gasteiger partial charge >= 0.3 is 0 Å². The van der Waals surface area contributed by atoms with Gasteiger partial charge in [-0.2, -0.15) is 0 Å². The van der Waals surface area contributed by atoms with E-state index in [0.717, 1.165) is 16.9 Å². The van der Waals surface area contributed by atoms with Gasteiger partial charge in [-0.05, 0) is 47.9 Å². The second-order valence-electron chi connectivity index (χ2n) is 8.02. The first kappa shape index (κ1) is 22.1. The zero-order valence-electron chi connectivity index (χ0n) is 18.2. The molecule has 0 aliphatic heterocycles. The zero-order valence-corrected chi connectivity index (χ0v) is 19.1. The highest BCUT2D eigenvalue weighted by Gasteiger charge is 2.38.